The summed E-state index contributed by atoms with van der Waals surface area (Å²) in [5, 5.41) is 26.4. The van der Waals surface area contributed by atoms with E-state index in [0.29, 0.717) is 19.4 Å². The quantitative estimate of drug-likeness (QED) is 0.146. The molecule has 9 N–H and O–H groups in total. The third-order valence-electron chi connectivity index (χ3n) is 5.35. The van der Waals surface area contributed by atoms with E-state index in [-0.39, 0.29) is 25.2 Å². The number of carboxylic acids is 1. The minimum atomic E-state index is -1.21. The number of aliphatic hydroxyl groups is 1. The first kappa shape index (κ1) is 30.0. The SMILES string of the molecule is CC(C)C[C@H](NC(=O)[C@H](Cc1ccccc1)NC(=O)[C@@H](N)CO)C(=O)N[C@@H](CCCCN)C(=O)O. The fourth-order valence-electron chi connectivity index (χ4n) is 3.42. The highest BCUT2D eigenvalue weighted by atomic mass is 16.4. The lowest BCUT2D eigenvalue weighted by molar-refractivity contribution is -0.142. The zero-order chi connectivity index (χ0) is 26.4. The highest BCUT2D eigenvalue weighted by Gasteiger charge is 2.30. The molecular formula is C24H39N5O6. The van der Waals surface area contributed by atoms with E-state index in [4.69, 9.17) is 11.5 Å². The minimum Gasteiger partial charge on any atom is -0.480 e. The number of hydrogen-bond acceptors (Lipinski definition) is 7. The molecule has 1 aromatic rings. The second-order valence-electron chi connectivity index (χ2n) is 8.91. The van der Waals surface area contributed by atoms with Crippen molar-refractivity contribution in [1.82, 2.24) is 16.0 Å². The fourth-order valence-corrected chi connectivity index (χ4v) is 3.42. The van der Waals surface area contributed by atoms with Crippen LogP contribution in [0.3, 0.4) is 0 Å². The van der Waals surface area contributed by atoms with E-state index < -0.39 is 54.5 Å². The molecule has 0 fully saturated rings. The van der Waals surface area contributed by atoms with Gasteiger partial charge in [-0.1, -0.05) is 44.2 Å². The van der Waals surface area contributed by atoms with Gasteiger partial charge in [0.1, 0.15) is 24.2 Å². The Morgan fingerprint density at radius 1 is 0.886 bits per heavy atom. The number of carbonyl (C=O) groups excluding carboxylic acids is 3. The molecule has 1 rings (SSSR count). The van der Waals surface area contributed by atoms with Crippen molar-refractivity contribution in [2.75, 3.05) is 13.2 Å². The number of carboxylic acid groups (broad SMARTS) is 1. The van der Waals surface area contributed by atoms with E-state index in [1.165, 1.54) is 0 Å². The van der Waals surface area contributed by atoms with Crippen LogP contribution >= 0.6 is 0 Å². The van der Waals surface area contributed by atoms with Crippen molar-refractivity contribution in [3.8, 4) is 0 Å². The molecule has 1 aromatic carbocycles. The van der Waals surface area contributed by atoms with Gasteiger partial charge in [0, 0.05) is 6.42 Å². The van der Waals surface area contributed by atoms with Crippen LogP contribution in [0.15, 0.2) is 30.3 Å². The number of nitrogens with two attached hydrogens (primary N) is 2. The molecule has 35 heavy (non-hydrogen) atoms. The normalized spacial score (nSPS) is 14.5. The van der Waals surface area contributed by atoms with Gasteiger partial charge in [0.15, 0.2) is 0 Å². The molecule has 0 unspecified atom stereocenters. The lowest BCUT2D eigenvalue weighted by atomic mass is 10.00. The van der Waals surface area contributed by atoms with E-state index >= 15 is 0 Å². The number of aliphatic hydroxyl groups excluding tert-OH is 1. The summed E-state index contributed by atoms with van der Waals surface area (Å²) in [7, 11) is 0. The molecule has 0 radical (unpaired) electrons. The van der Waals surface area contributed by atoms with Crippen molar-refractivity contribution >= 4 is 23.7 Å². The lowest BCUT2D eigenvalue weighted by Crippen LogP contribution is -2.58. The number of carbonyl (C=O) groups is 4. The van der Waals surface area contributed by atoms with E-state index in [2.05, 4.69) is 16.0 Å². The molecule has 0 aromatic heterocycles. The maximum atomic E-state index is 13.2. The summed E-state index contributed by atoms with van der Waals surface area (Å²) >= 11 is 0. The van der Waals surface area contributed by atoms with E-state index in [9.17, 15) is 29.4 Å². The maximum absolute atomic E-state index is 13.2. The van der Waals surface area contributed by atoms with Gasteiger partial charge in [-0.15, -0.1) is 0 Å². The molecule has 11 nitrogen and oxygen atoms in total. The number of amides is 3. The van der Waals surface area contributed by atoms with Crippen molar-refractivity contribution in [1.29, 1.82) is 0 Å². The first-order chi connectivity index (χ1) is 16.6. The summed E-state index contributed by atoms with van der Waals surface area (Å²) in [5.41, 5.74) is 11.8. The van der Waals surface area contributed by atoms with Gasteiger partial charge in [0.05, 0.1) is 6.61 Å². The monoisotopic (exact) mass is 493 g/mol. The van der Waals surface area contributed by atoms with Crippen LogP contribution < -0.4 is 27.4 Å². The number of rotatable bonds is 16. The molecule has 0 saturated carbocycles. The van der Waals surface area contributed by atoms with E-state index in [0.717, 1.165) is 5.56 Å². The molecule has 11 heteroatoms. The molecule has 0 aliphatic heterocycles. The Balaban J connectivity index is 3.03. The van der Waals surface area contributed by atoms with Gasteiger partial charge in [0.2, 0.25) is 17.7 Å². The molecule has 4 atom stereocenters. The van der Waals surface area contributed by atoms with Crippen LogP contribution in [0.1, 0.15) is 45.1 Å². The predicted molar refractivity (Wildman–Crippen MR) is 131 cm³/mol. The summed E-state index contributed by atoms with van der Waals surface area (Å²) in [4.78, 5) is 50.0. The maximum Gasteiger partial charge on any atom is 0.326 e. The number of hydrogen-bond donors (Lipinski definition) is 7. The van der Waals surface area contributed by atoms with Gasteiger partial charge >= 0.3 is 5.97 Å². The first-order valence-corrected chi connectivity index (χ1v) is 11.8. The van der Waals surface area contributed by atoms with Gasteiger partial charge in [-0.05, 0) is 43.7 Å². The molecule has 196 valence electrons. The Bertz CT molecular complexity index is 820. The summed E-state index contributed by atoms with van der Waals surface area (Å²) in [6, 6.07) is 4.57. The number of unbranched alkanes of at least 4 members (excludes halogenated alkanes) is 1. The van der Waals surface area contributed by atoms with Gasteiger partial charge in [-0.2, -0.15) is 0 Å². The fraction of sp³-hybridized carbons (Fsp3) is 0.583. The Morgan fingerprint density at radius 2 is 1.46 bits per heavy atom. The Hall–Kier alpha value is -3.02. The van der Waals surface area contributed by atoms with Crippen molar-refractivity contribution in [2.24, 2.45) is 17.4 Å². The van der Waals surface area contributed by atoms with E-state index in [1.807, 2.05) is 19.9 Å². The molecule has 0 spiro atoms. The average Bonchev–Trinajstić information content (AvgIpc) is 2.82. The summed E-state index contributed by atoms with van der Waals surface area (Å²) in [6.45, 7) is 3.56. The molecule has 0 aliphatic rings. The third-order valence-corrected chi connectivity index (χ3v) is 5.35. The van der Waals surface area contributed by atoms with E-state index in [1.54, 1.807) is 24.3 Å². The standard InChI is InChI=1S/C24H39N5O6/c1-15(2)12-19(22(32)27-18(24(34)35)10-6-7-11-25)29-23(33)20(28-21(31)17(26)14-30)13-16-8-4-3-5-9-16/h3-5,8-9,15,17-20,30H,6-7,10-14,25-26H2,1-2H3,(H,27,32)(H,28,31)(H,29,33)(H,34,35)/t17-,18-,19-,20-/m0/s1. The summed E-state index contributed by atoms with van der Waals surface area (Å²) in [6.07, 6.45) is 1.76. The van der Waals surface area contributed by atoms with Crippen molar-refractivity contribution in [2.45, 2.75) is 70.1 Å². The smallest absolute Gasteiger partial charge is 0.326 e. The summed E-state index contributed by atoms with van der Waals surface area (Å²) < 4.78 is 0. The lowest BCUT2D eigenvalue weighted by Gasteiger charge is -2.26. The number of nitrogens with one attached hydrogen (secondary N) is 3. The second-order valence-corrected chi connectivity index (χ2v) is 8.91. The van der Waals surface area contributed by atoms with Crippen molar-refractivity contribution < 1.29 is 29.4 Å². The van der Waals surface area contributed by atoms with Crippen LogP contribution in [0.5, 0.6) is 0 Å². The molecule has 0 bridgehead atoms. The van der Waals surface area contributed by atoms with Gasteiger partial charge in [-0.3, -0.25) is 14.4 Å². The Kier molecular flexibility index (Phi) is 13.5. The number of aliphatic carboxylic acids is 1. The van der Waals surface area contributed by atoms with Gasteiger partial charge in [0.25, 0.3) is 0 Å². The molecule has 0 heterocycles. The van der Waals surface area contributed by atoms with Crippen LogP contribution in [-0.2, 0) is 25.6 Å². The zero-order valence-electron chi connectivity index (χ0n) is 20.4. The first-order valence-electron chi connectivity index (χ1n) is 11.8. The van der Waals surface area contributed by atoms with Crippen LogP contribution in [0.2, 0.25) is 0 Å². The van der Waals surface area contributed by atoms with Crippen LogP contribution in [-0.4, -0.2) is 71.2 Å². The van der Waals surface area contributed by atoms with Gasteiger partial charge < -0.3 is 37.6 Å². The Morgan fingerprint density at radius 3 is 2.00 bits per heavy atom. The highest BCUT2D eigenvalue weighted by Crippen LogP contribution is 2.09. The van der Waals surface area contributed by atoms with Crippen molar-refractivity contribution in [3.05, 3.63) is 35.9 Å². The Labute approximate surface area is 206 Å². The zero-order valence-corrected chi connectivity index (χ0v) is 20.4. The molecule has 3 amide bonds. The predicted octanol–water partition coefficient (Wildman–Crippen LogP) is -0.737. The molecule has 0 saturated heterocycles. The highest BCUT2D eigenvalue weighted by molar-refractivity contribution is 5.94. The third kappa shape index (κ3) is 11.3. The second kappa shape index (κ2) is 15.8. The van der Waals surface area contributed by atoms with Crippen LogP contribution in [0.4, 0.5) is 0 Å². The molecule has 0 aliphatic carbocycles. The molecular weight excluding hydrogens is 454 g/mol. The summed E-state index contributed by atoms with van der Waals surface area (Å²) in [5.74, 6) is -3.11. The average molecular weight is 494 g/mol. The van der Waals surface area contributed by atoms with Gasteiger partial charge in [-0.25, -0.2) is 4.79 Å². The largest absolute Gasteiger partial charge is 0.480 e. The van der Waals surface area contributed by atoms with Crippen LogP contribution in [0.25, 0.3) is 0 Å². The number of benzene rings is 1. The topological polar surface area (TPSA) is 197 Å². The van der Waals surface area contributed by atoms with Crippen LogP contribution in [0, 0.1) is 5.92 Å². The van der Waals surface area contributed by atoms with Crippen molar-refractivity contribution in [3.63, 3.8) is 0 Å². The minimum absolute atomic E-state index is 0.0107.